The first-order valence-electron chi connectivity index (χ1n) is 7.48. The van der Waals surface area contributed by atoms with Crippen molar-refractivity contribution in [2.24, 2.45) is 0 Å². The molecule has 126 valence electrons. The Kier molecular flexibility index (Phi) is 4.45. The Labute approximate surface area is 136 Å². The maximum absolute atomic E-state index is 12.9. The molecule has 1 aromatic carbocycles. The molecule has 1 amide bonds. The third-order valence-electron chi connectivity index (χ3n) is 3.83. The molecule has 1 fully saturated rings. The molecule has 8 heteroatoms. The van der Waals surface area contributed by atoms with E-state index >= 15 is 0 Å². The minimum Gasteiger partial charge on any atom is -0.490 e. The molecule has 0 bridgehead atoms. The van der Waals surface area contributed by atoms with Gasteiger partial charge in [-0.1, -0.05) is 0 Å². The van der Waals surface area contributed by atoms with E-state index in [4.69, 9.17) is 9.15 Å². The number of halogens is 1. The van der Waals surface area contributed by atoms with E-state index < -0.39 is 10.8 Å². The van der Waals surface area contributed by atoms with E-state index in [9.17, 15) is 19.3 Å². The smallest absolute Gasteiger partial charge is 0.433 e. The maximum atomic E-state index is 12.9. The summed E-state index contributed by atoms with van der Waals surface area (Å²) in [6, 6.07) is 8.26. The van der Waals surface area contributed by atoms with Gasteiger partial charge in [-0.2, -0.15) is 0 Å². The molecule has 2 heterocycles. The lowest BCUT2D eigenvalue weighted by atomic mass is 10.1. The molecule has 0 atom stereocenters. The lowest BCUT2D eigenvalue weighted by molar-refractivity contribution is -0.402. The van der Waals surface area contributed by atoms with Gasteiger partial charge in [0.15, 0.2) is 5.76 Å². The quantitative estimate of drug-likeness (QED) is 0.634. The fraction of sp³-hybridized carbons (Fsp3) is 0.312. The molecule has 1 aromatic heterocycles. The van der Waals surface area contributed by atoms with Crippen LogP contribution in [-0.4, -0.2) is 34.9 Å². The minimum atomic E-state index is -0.681. The Morgan fingerprint density at radius 2 is 1.88 bits per heavy atom. The van der Waals surface area contributed by atoms with Gasteiger partial charge in [-0.3, -0.25) is 14.9 Å². The van der Waals surface area contributed by atoms with E-state index in [0.29, 0.717) is 31.7 Å². The Morgan fingerprint density at radius 1 is 1.21 bits per heavy atom. The van der Waals surface area contributed by atoms with Crippen molar-refractivity contribution in [2.75, 3.05) is 13.1 Å². The van der Waals surface area contributed by atoms with Crippen molar-refractivity contribution in [3.05, 3.63) is 58.1 Å². The number of carbonyl (C=O) groups excluding carboxylic acids is 1. The standard InChI is InChI=1S/C16H15FN2O5/c17-11-1-3-12(4-2-11)23-13-7-9-18(10-8-13)16(20)14-5-6-15(24-14)19(21)22/h1-6,13H,7-10H2. The third kappa shape index (κ3) is 3.53. The molecule has 2 aromatic rings. The number of ether oxygens (including phenoxy) is 1. The Hall–Kier alpha value is -2.90. The topological polar surface area (TPSA) is 85.8 Å². The van der Waals surface area contributed by atoms with Crippen molar-refractivity contribution < 1.29 is 23.3 Å². The maximum Gasteiger partial charge on any atom is 0.433 e. The van der Waals surface area contributed by atoms with Crippen LogP contribution in [0.5, 0.6) is 5.75 Å². The molecule has 24 heavy (non-hydrogen) atoms. The number of nitrogens with zero attached hydrogens (tertiary/aromatic N) is 2. The molecule has 1 saturated heterocycles. The molecule has 0 saturated carbocycles. The molecule has 0 N–H and O–H groups in total. The highest BCUT2D eigenvalue weighted by atomic mass is 19.1. The van der Waals surface area contributed by atoms with Crippen LogP contribution in [0, 0.1) is 15.9 Å². The first-order valence-corrected chi connectivity index (χ1v) is 7.48. The van der Waals surface area contributed by atoms with Crippen LogP contribution in [0.25, 0.3) is 0 Å². The van der Waals surface area contributed by atoms with Gasteiger partial charge in [0, 0.05) is 25.9 Å². The van der Waals surface area contributed by atoms with Crippen molar-refractivity contribution in [2.45, 2.75) is 18.9 Å². The zero-order valence-corrected chi connectivity index (χ0v) is 12.7. The van der Waals surface area contributed by atoms with Gasteiger partial charge in [0.05, 0.1) is 6.07 Å². The molecule has 1 aliphatic rings. The Bertz CT molecular complexity index is 735. The van der Waals surface area contributed by atoms with Gasteiger partial charge in [-0.15, -0.1) is 0 Å². The van der Waals surface area contributed by atoms with E-state index in [1.54, 1.807) is 17.0 Å². The van der Waals surface area contributed by atoms with Crippen molar-refractivity contribution in [1.82, 2.24) is 4.90 Å². The normalized spacial score (nSPS) is 15.3. The largest absolute Gasteiger partial charge is 0.490 e. The Morgan fingerprint density at radius 3 is 2.46 bits per heavy atom. The summed E-state index contributed by atoms with van der Waals surface area (Å²) in [7, 11) is 0. The number of rotatable bonds is 4. The van der Waals surface area contributed by atoms with Crippen molar-refractivity contribution in [1.29, 1.82) is 0 Å². The SMILES string of the molecule is O=C(c1ccc([N+](=O)[O-])o1)N1CCC(Oc2ccc(F)cc2)CC1. The first kappa shape index (κ1) is 16.0. The van der Waals surface area contributed by atoms with Crippen LogP contribution in [0.4, 0.5) is 10.3 Å². The molecule has 0 radical (unpaired) electrons. The summed E-state index contributed by atoms with van der Waals surface area (Å²) in [5.74, 6) is -0.603. The van der Waals surface area contributed by atoms with Crippen LogP contribution in [0.15, 0.2) is 40.8 Å². The highest BCUT2D eigenvalue weighted by molar-refractivity contribution is 5.91. The number of piperidine rings is 1. The van der Waals surface area contributed by atoms with Crippen LogP contribution in [0.3, 0.4) is 0 Å². The van der Waals surface area contributed by atoms with E-state index in [2.05, 4.69) is 0 Å². The summed E-state index contributed by atoms with van der Waals surface area (Å²) in [5, 5.41) is 10.6. The van der Waals surface area contributed by atoms with E-state index in [0.717, 1.165) is 6.07 Å². The predicted octanol–water partition coefficient (Wildman–Crippen LogP) is 3.01. The fourth-order valence-electron chi connectivity index (χ4n) is 2.58. The minimum absolute atomic E-state index is 0.0420. The number of furan rings is 1. The van der Waals surface area contributed by atoms with Crippen molar-refractivity contribution >= 4 is 11.8 Å². The van der Waals surface area contributed by atoms with Gasteiger partial charge in [0.2, 0.25) is 0 Å². The lowest BCUT2D eigenvalue weighted by Gasteiger charge is -2.31. The van der Waals surface area contributed by atoms with Gasteiger partial charge in [0.1, 0.15) is 22.6 Å². The average molecular weight is 334 g/mol. The van der Waals surface area contributed by atoms with Crippen LogP contribution < -0.4 is 4.74 Å². The zero-order valence-electron chi connectivity index (χ0n) is 12.7. The van der Waals surface area contributed by atoms with E-state index in [1.807, 2.05) is 0 Å². The first-order chi connectivity index (χ1) is 11.5. The number of carbonyl (C=O) groups is 1. The highest BCUT2D eigenvalue weighted by Crippen LogP contribution is 2.22. The number of benzene rings is 1. The van der Waals surface area contributed by atoms with Crippen molar-refractivity contribution in [3.63, 3.8) is 0 Å². The summed E-state index contributed by atoms with van der Waals surface area (Å²) in [5.41, 5.74) is 0. The summed E-state index contributed by atoms with van der Waals surface area (Å²) >= 11 is 0. The van der Waals surface area contributed by atoms with Crippen LogP contribution in [0.2, 0.25) is 0 Å². The second-order valence-corrected chi connectivity index (χ2v) is 5.46. The fourth-order valence-corrected chi connectivity index (χ4v) is 2.58. The van der Waals surface area contributed by atoms with Gasteiger partial charge >= 0.3 is 5.88 Å². The molecule has 3 rings (SSSR count). The van der Waals surface area contributed by atoms with E-state index in [-0.39, 0.29) is 23.6 Å². The number of likely N-dealkylation sites (tertiary alicyclic amines) is 1. The van der Waals surface area contributed by atoms with Gasteiger partial charge in [-0.05, 0) is 30.3 Å². The van der Waals surface area contributed by atoms with Crippen molar-refractivity contribution in [3.8, 4) is 5.75 Å². The van der Waals surface area contributed by atoms with Gasteiger partial charge in [-0.25, -0.2) is 4.39 Å². The predicted molar refractivity (Wildman–Crippen MR) is 81.3 cm³/mol. The lowest BCUT2D eigenvalue weighted by Crippen LogP contribution is -2.41. The molecule has 0 spiro atoms. The number of hydrogen-bond acceptors (Lipinski definition) is 5. The summed E-state index contributed by atoms with van der Waals surface area (Å²) in [6.45, 7) is 0.915. The molecule has 7 nitrogen and oxygen atoms in total. The van der Waals surface area contributed by atoms with E-state index in [1.165, 1.54) is 18.2 Å². The second kappa shape index (κ2) is 6.69. The van der Waals surface area contributed by atoms with Gasteiger partial charge < -0.3 is 14.1 Å². The average Bonchev–Trinajstić information content (AvgIpc) is 3.07. The Balaban J connectivity index is 1.55. The highest BCUT2D eigenvalue weighted by Gasteiger charge is 2.27. The second-order valence-electron chi connectivity index (χ2n) is 5.46. The van der Waals surface area contributed by atoms with Crippen LogP contribution in [0.1, 0.15) is 23.4 Å². The number of nitro groups is 1. The van der Waals surface area contributed by atoms with Gasteiger partial charge in [0.25, 0.3) is 5.91 Å². The summed E-state index contributed by atoms with van der Waals surface area (Å²) < 4.78 is 23.6. The van der Waals surface area contributed by atoms with Crippen LogP contribution in [-0.2, 0) is 0 Å². The zero-order chi connectivity index (χ0) is 17.1. The van der Waals surface area contributed by atoms with Crippen LogP contribution >= 0.6 is 0 Å². The molecular formula is C16H15FN2O5. The monoisotopic (exact) mass is 334 g/mol. The number of hydrogen-bond donors (Lipinski definition) is 0. The summed E-state index contributed by atoms with van der Waals surface area (Å²) in [6.07, 6.45) is 1.17. The molecule has 1 aliphatic heterocycles. The summed E-state index contributed by atoms with van der Waals surface area (Å²) in [4.78, 5) is 23.8. The molecule has 0 unspecified atom stereocenters. The third-order valence-corrected chi connectivity index (χ3v) is 3.83. The number of amides is 1. The molecular weight excluding hydrogens is 319 g/mol. The molecule has 0 aliphatic carbocycles.